The number of guanidine groups is 1. The van der Waals surface area contributed by atoms with Gasteiger partial charge in [-0.3, -0.25) is 4.99 Å². The first-order valence-electron chi connectivity index (χ1n) is 6.61. The average Bonchev–Trinajstić information content (AvgIpc) is 2.42. The van der Waals surface area contributed by atoms with Crippen LogP contribution in [0, 0.1) is 0 Å². The fourth-order valence-corrected chi connectivity index (χ4v) is 3.01. The molecule has 0 radical (unpaired) electrons. The van der Waals surface area contributed by atoms with Crippen LogP contribution in [0.4, 0.5) is 13.2 Å². The van der Waals surface area contributed by atoms with Crippen LogP contribution in [-0.2, 0) is 0 Å². The predicted molar refractivity (Wildman–Crippen MR) is 76.1 cm³/mol. The number of thioether (sulfide) groups is 1. The number of rotatable bonds is 4. The minimum absolute atomic E-state index is 0.218. The molecule has 0 spiro atoms. The number of halogens is 3. The van der Waals surface area contributed by atoms with E-state index in [1.54, 1.807) is 0 Å². The van der Waals surface area contributed by atoms with Crippen LogP contribution >= 0.6 is 11.8 Å². The molecule has 4 nitrogen and oxygen atoms in total. The number of hydrogen-bond donors (Lipinski definition) is 3. The van der Waals surface area contributed by atoms with Crippen molar-refractivity contribution in [2.75, 3.05) is 19.8 Å². The molecule has 3 unspecified atom stereocenters. The second-order valence-electron chi connectivity index (χ2n) is 4.88. The molecule has 0 amide bonds. The van der Waals surface area contributed by atoms with Crippen LogP contribution in [0.25, 0.3) is 0 Å². The van der Waals surface area contributed by atoms with Crippen molar-refractivity contribution in [3.05, 3.63) is 0 Å². The van der Waals surface area contributed by atoms with E-state index in [0.29, 0.717) is 11.2 Å². The highest BCUT2D eigenvalue weighted by Crippen LogP contribution is 2.26. The second-order valence-corrected chi connectivity index (χ2v) is 6.01. The van der Waals surface area contributed by atoms with E-state index in [2.05, 4.69) is 21.9 Å². The van der Waals surface area contributed by atoms with Crippen LogP contribution in [0.15, 0.2) is 4.99 Å². The van der Waals surface area contributed by atoms with Crippen molar-refractivity contribution in [1.82, 2.24) is 10.6 Å². The summed E-state index contributed by atoms with van der Waals surface area (Å²) in [6.45, 7) is -0.595. The van der Waals surface area contributed by atoms with Crippen molar-refractivity contribution in [3.8, 4) is 0 Å². The fraction of sp³-hybridized carbons (Fsp3) is 0.917. The van der Waals surface area contributed by atoms with Crippen LogP contribution in [0.1, 0.15) is 25.7 Å². The van der Waals surface area contributed by atoms with Crippen molar-refractivity contribution in [2.24, 2.45) is 4.99 Å². The highest BCUT2D eigenvalue weighted by Gasteiger charge is 2.38. The second kappa shape index (κ2) is 7.97. The highest BCUT2D eigenvalue weighted by molar-refractivity contribution is 7.99. The van der Waals surface area contributed by atoms with Gasteiger partial charge in [0.15, 0.2) is 12.1 Å². The minimum Gasteiger partial charge on any atom is -0.382 e. The van der Waals surface area contributed by atoms with Crippen molar-refractivity contribution in [3.63, 3.8) is 0 Å². The molecule has 0 aromatic rings. The maximum absolute atomic E-state index is 12.2. The molecule has 8 heteroatoms. The van der Waals surface area contributed by atoms with Crippen LogP contribution in [0.3, 0.4) is 0 Å². The molecular weight excluding hydrogens is 291 g/mol. The molecule has 1 aliphatic rings. The number of hydrogen-bond acceptors (Lipinski definition) is 3. The summed E-state index contributed by atoms with van der Waals surface area (Å²) < 4.78 is 36.6. The highest BCUT2D eigenvalue weighted by atomic mass is 32.2. The Balaban J connectivity index is 2.40. The number of aliphatic hydroxyl groups is 1. The minimum atomic E-state index is -4.61. The van der Waals surface area contributed by atoms with Crippen molar-refractivity contribution >= 4 is 17.7 Å². The number of alkyl halides is 3. The van der Waals surface area contributed by atoms with Gasteiger partial charge < -0.3 is 15.7 Å². The summed E-state index contributed by atoms with van der Waals surface area (Å²) in [5, 5.41) is 15.2. The Labute approximate surface area is 121 Å². The van der Waals surface area contributed by atoms with Gasteiger partial charge in [-0.2, -0.15) is 24.9 Å². The first-order chi connectivity index (χ1) is 9.36. The van der Waals surface area contributed by atoms with Gasteiger partial charge in [-0.15, -0.1) is 0 Å². The zero-order valence-electron chi connectivity index (χ0n) is 11.7. The quantitative estimate of drug-likeness (QED) is 0.547. The van der Waals surface area contributed by atoms with E-state index in [4.69, 9.17) is 5.11 Å². The van der Waals surface area contributed by atoms with Gasteiger partial charge in [0, 0.05) is 18.3 Å². The third-order valence-corrected chi connectivity index (χ3v) is 4.46. The Kier molecular flexibility index (Phi) is 6.94. The maximum atomic E-state index is 12.2. The lowest BCUT2D eigenvalue weighted by molar-refractivity contribution is -0.201. The molecule has 0 aromatic heterocycles. The summed E-state index contributed by atoms with van der Waals surface area (Å²) in [6, 6.07) is 0.218. The summed E-state index contributed by atoms with van der Waals surface area (Å²) in [4.78, 5) is 3.90. The molecule has 3 N–H and O–H groups in total. The normalized spacial score (nSPS) is 26.2. The summed E-state index contributed by atoms with van der Waals surface area (Å²) in [5.74, 6) is 0.306. The topological polar surface area (TPSA) is 56.7 Å². The molecule has 0 saturated heterocycles. The van der Waals surface area contributed by atoms with Gasteiger partial charge in [-0.1, -0.05) is 6.42 Å². The summed E-state index contributed by atoms with van der Waals surface area (Å²) in [7, 11) is 1.50. The average molecular weight is 313 g/mol. The molecule has 1 aliphatic carbocycles. The van der Waals surface area contributed by atoms with Gasteiger partial charge in [0.2, 0.25) is 0 Å². The van der Waals surface area contributed by atoms with Crippen LogP contribution in [0.5, 0.6) is 0 Å². The zero-order chi connectivity index (χ0) is 15.2. The Morgan fingerprint density at radius 3 is 2.70 bits per heavy atom. The maximum Gasteiger partial charge on any atom is 0.416 e. The Hall–Kier alpha value is -0.630. The van der Waals surface area contributed by atoms with E-state index >= 15 is 0 Å². The Morgan fingerprint density at radius 1 is 1.45 bits per heavy atom. The summed E-state index contributed by atoms with van der Waals surface area (Å²) >= 11 is 1.82. The summed E-state index contributed by atoms with van der Waals surface area (Å²) in [5.41, 5.74) is 0. The molecule has 118 valence electrons. The van der Waals surface area contributed by atoms with E-state index < -0.39 is 18.8 Å². The first kappa shape index (κ1) is 17.4. The molecule has 0 aliphatic heterocycles. The van der Waals surface area contributed by atoms with Crippen LogP contribution < -0.4 is 10.6 Å². The van der Waals surface area contributed by atoms with E-state index in [1.807, 2.05) is 11.8 Å². The molecule has 1 saturated carbocycles. The zero-order valence-corrected chi connectivity index (χ0v) is 12.5. The van der Waals surface area contributed by atoms with Crippen molar-refractivity contribution in [1.29, 1.82) is 0 Å². The van der Waals surface area contributed by atoms with Gasteiger partial charge >= 0.3 is 6.18 Å². The number of nitrogens with zero attached hydrogens (tertiary/aromatic N) is 1. The van der Waals surface area contributed by atoms with Crippen LogP contribution in [-0.4, -0.2) is 54.5 Å². The van der Waals surface area contributed by atoms with E-state index in [1.165, 1.54) is 13.5 Å². The fourth-order valence-electron chi connectivity index (χ4n) is 2.19. The third-order valence-electron chi connectivity index (χ3n) is 3.36. The van der Waals surface area contributed by atoms with E-state index in [9.17, 15) is 13.2 Å². The largest absolute Gasteiger partial charge is 0.416 e. The molecule has 20 heavy (non-hydrogen) atoms. The van der Waals surface area contributed by atoms with Crippen molar-refractivity contribution in [2.45, 2.75) is 49.3 Å². The van der Waals surface area contributed by atoms with Gasteiger partial charge in [0.1, 0.15) is 0 Å². The molecule has 0 heterocycles. The number of nitrogens with one attached hydrogen (secondary N) is 2. The Morgan fingerprint density at radius 2 is 2.15 bits per heavy atom. The third kappa shape index (κ3) is 5.78. The lowest BCUT2D eigenvalue weighted by Gasteiger charge is -2.30. The molecule has 0 aromatic carbocycles. The van der Waals surface area contributed by atoms with E-state index in [0.717, 1.165) is 19.3 Å². The Bertz CT molecular complexity index is 326. The van der Waals surface area contributed by atoms with Crippen LogP contribution in [0.2, 0.25) is 0 Å². The number of aliphatic imine (C=N–C) groups is 1. The van der Waals surface area contributed by atoms with Gasteiger partial charge in [-0.05, 0) is 25.5 Å². The number of aliphatic hydroxyl groups excluding tert-OH is 1. The molecule has 0 bridgehead atoms. The molecule has 1 fully saturated rings. The summed E-state index contributed by atoms with van der Waals surface area (Å²) in [6.07, 6.45) is -0.681. The van der Waals surface area contributed by atoms with Gasteiger partial charge in [0.25, 0.3) is 0 Å². The van der Waals surface area contributed by atoms with Gasteiger partial charge in [-0.25, -0.2) is 0 Å². The first-order valence-corrected chi connectivity index (χ1v) is 7.90. The smallest absolute Gasteiger partial charge is 0.382 e. The lowest BCUT2D eigenvalue weighted by Crippen LogP contribution is -2.49. The molecular formula is C12H22F3N3OS. The van der Waals surface area contributed by atoms with Gasteiger partial charge in [0.05, 0.1) is 6.54 Å². The standard InChI is InChI=1S/C12H22F3N3OS/c1-16-11(17-7-10(19)12(13,14)15)18-8-4-3-5-9(6-8)20-2/h8-10,19H,3-7H2,1-2H3,(H2,16,17,18). The van der Waals surface area contributed by atoms with Crippen molar-refractivity contribution < 1.29 is 18.3 Å². The predicted octanol–water partition coefficient (Wildman–Crippen LogP) is 1.75. The lowest BCUT2D eigenvalue weighted by atomic mass is 9.95. The van der Waals surface area contributed by atoms with E-state index in [-0.39, 0.29) is 6.04 Å². The monoisotopic (exact) mass is 313 g/mol. The molecule has 1 rings (SSSR count). The molecule has 3 atom stereocenters. The SMILES string of the molecule is CN=C(NCC(O)C(F)(F)F)NC1CCCC(SC)C1.